The first-order valence-corrected chi connectivity index (χ1v) is 6.42. The van der Waals surface area contributed by atoms with E-state index in [9.17, 15) is 14.7 Å². The van der Waals surface area contributed by atoms with Crippen molar-refractivity contribution in [3.8, 4) is 0 Å². The number of hydrogen-bond donors (Lipinski definition) is 1. The zero-order chi connectivity index (χ0) is 13.6. The average Bonchev–Trinajstić information content (AvgIpc) is 2.93. The SMILES string of the molecule is C[C@H]1Cn2ncc(N3CCCC3=O)c2CN1C(=O)O. The standard InChI is InChI=1S/C12H16N4O3/c1-8-6-16-10(7-15(8)12(18)19)9(5-13-16)14-4-2-3-11(14)17/h5,8H,2-4,6-7H2,1H3,(H,18,19)/t8-/m0/s1. The summed E-state index contributed by atoms with van der Waals surface area (Å²) in [5.41, 5.74) is 1.58. The van der Waals surface area contributed by atoms with Crippen molar-refractivity contribution < 1.29 is 14.7 Å². The Hall–Kier alpha value is -2.05. The molecule has 2 aliphatic rings. The summed E-state index contributed by atoms with van der Waals surface area (Å²) < 4.78 is 1.81. The molecule has 0 saturated carbocycles. The smallest absolute Gasteiger partial charge is 0.407 e. The maximum Gasteiger partial charge on any atom is 0.407 e. The molecule has 0 spiro atoms. The Morgan fingerprint density at radius 3 is 2.95 bits per heavy atom. The Bertz CT molecular complexity index is 539. The number of fused-ring (bicyclic) bond motifs is 1. The Balaban J connectivity index is 1.95. The Morgan fingerprint density at radius 2 is 2.32 bits per heavy atom. The molecule has 0 radical (unpaired) electrons. The van der Waals surface area contributed by atoms with Crippen LogP contribution in [0.5, 0.6) is 0 Å². The number of nitrogens with zero attached hydrogens (tertiary/aromatic N) is 4. The summed E-state index contributed by atoms with van der Waals surface area (Å²) >= 11 is 0. The van der Waals surface area contributed by atoms with Crippen LogP contribution >= 0.6 is 0 Å². The highest BCUT2D eigenvalue weighted by Gasteiger charge is 2.32. The van der Waals surface area contributed by atoms with Gasteiger partial charge in [-0.05, 0) is 13.3 Å². The van der Waals surface area contributed by atoms with E-state index in [-0.39, 0.29) is 18.5 Å². The van der Waals surface area contributed by atoms with Crippen LogP contribution < -0.4 is 4.90 Å². The van der Waals surface area contributed by atoms with E-state index in [4.69, 9.17) is 0 Å². The quantitative estimate of drug-likeness (QED) is 0.817. The Labute approximate surface area is 110 Å². The first kappa shape index (κ1) is 12.0. The van der Waals surface area contributed by atoms with Crippen LogP contribution in [-0.4, -0.2) is 44.4 Å². The fourth-order valence-corrected chi connectivity index (χ4v) is 2.77. The van der Waals surface area contributed by atoms with Crippen LogP contribution in [0.2, 0.25) is 0 Å². The Kier molecular flexibility index (Phi) is 2.69. The van der Waals surface area contributed by atoms with Gasteiger partial charge in [0.05, 0.1) is 36.7 Å². The van der Waals surface area contributed by atoms with Gasteiger partial charge < -0.3 is 10.0 Å². The van der Waals surface area contributed by atoms with Crippen molar-refractivity contribution in [3.63, 3.8) is 0 Å². The molecule has 0 aliphatic carbocycles. The second-order valence-electron chi connectivity index (χ2n) is 5.07. The molecule has 3 rings (SSSR count). The number of aromatic nitrogens is 2. The highest BCUT2D eigenvalue weighted by Crippen LogP contribution is 2.29. The highest BCUT2D eigenvalue weighted by atomic mass is 16.4. The van der Waals surface area contributed by atoms with Crippen LogP contribution in [0, 0.1) is 0 Å². The zero-order valence-electron chi connectivity index (χ0n) is 10.7. The van der Waals surface area contributed by atoms with E-state index in [0.29, 0.717) is 19.5 Å². The molecular formula is C12H16N4O3. The summed E-state index contributed by atoms with van der Waals surface area (Å²) in [6.45, 7) is 3.37. The molecule has 1 aromatic heterocycles. The van der Waals surface area contributed by atoms with Gasteiger partial charge in [-0.3, -0.25) is 14.4 Å². The maximum atomic E-state index is 11.8. The molecule has 2 aliphatic heterocycles. The molecule has 0 aromatic carbocycles. The number of hydrogen-bond acceptors (Lipinski definition) is 3. The molecule has 1 saturated heterocycles. The lowest BCUT2D eigenvalue weighted by molar-refractivity contribution is -0.117. The highest BCUT2D eigenvalue weighted by molar-refractivity contribution is 5.95. The first-order chi connectivity index (χ1) is 9.08. The van der Waals surface area contributed by atoms with Gasteiger partial charge in [0.25, 0.3) is 0 Å². The molecule has 1 aromatic rings. The number of carboxylic acid groups (broad SMARTS) is 1. The van der Waals surface area contributed by atoms with Crippen LogP contribution in [0.4, 0.5) is 10.5 Å². The largest absolute Gasteiger partial charge is 0.465 e. The molecule has 7 heteroatoms. The fourth-order valence-electron chi connectivity index (χ4n) is 2.77. The molecule has 1 N–H and O–H groups in total. The van der Waals surface area contributed by atoms with Gasteiger partial charge in [0.15, 0.2) is 0 Å². The van der Waals surface area contributed by atoms with Gasteiger partial charge in [-0.15, -0.1) is 0 Å². The van der Waals surface area contributed by atoms with E-state index >= 15 is 0 Å². The van der Waals surface area contributed by atoms with Gasteiger partial charge in [-0.1, -0.05) is 0 Å². The summed E-state index contributed by atoms with van der Waals surface area (Å²) in [5, 5.41) is 13.5. The van der Waals surface area contributed by atoms with Crippen LogP contribution in [0.1, 0.15) is 25.5 Å². The number of amides is 2. The average molecular weight is 264 g/mol. The van der Waals surface area contributed by atoms with E-state index < -0.39 is 6.09 Å². The predicted molar refractivity (Wildman–Crippen MR) is 66.8 cm³/mol. The fraction of sp³-hybridized carbons (Fsp3) is 0.583. The van der Waals surface area contributed by atoms with Gasteiger partial charge in [0, 0.05) is 13.0 Å². The minimum atomic E-state index is -0.932. The van der Waals surface area contributed by atoms with Crippen molar-refractivity contribution >= 4 is 17.7 Å². The maximum absolute atomic E-state index is 11.8. The van der Waals surface area contributed by atoms with Gasteiger partial charge in [0.2, 0.25) is 5.91 Å². The molecule has 7 nitrogen and oxygen atoms in total. The van der Waals surface area contributed by atoms with Crippen LogP contribution in [-0.2, 0) is 17.9 Å². The number of carbonyl (C=O) groups excluding carboxylic acids is 1. The first-order valence-electron chi connectivity index (χ1n) is 6.42. The van der Waals surface area contributed by atoms with Crippen molar-refractivity contribution in [3.05, 3.63) is 11.9 Å². The minimum absolute atomic E-state index is 0.0938. The van der Waals surface area contributed by atoms with Crippen LogP contribution in [0.15, 0.2) is 6.20 Å². The second-order valence-corrected chi connectivity index (χ2v) is 5.07. The van der Waals surface area contributed by atoms with Crippen LogP contribution in [0.3, 0.4) is 0 Å². The summed E-state index contributed by atoms with van der Waals surface area (Å²) in [7, 11) is 0. The number of carbonyl (C=O) groups is 2. The monoisotopic (exact) mass is 264 g/mol. The summed E-state index contributed by atoms with van der Waals surface area (Å²) in [6, 6.07) is -0.105. The van der Waals surface area contributed by atoms with Crippen molar-refractivity contribution in [1.82, 2.24) is 14.7 Å². The third-order valence-corrected chi connectivity index (χ3v) is 3.83. The summed E-state index contributed by atoms with van der Waals surface area (Å²) in [5.74, 6) is 0.0938. The molecule has 1 atom stereocenters. The second kappa shape index (κ2) is 4.25. The number of anilines is 1. The normalized spacial score (nSPS) is 22.8. The molecule has 102 valence electrons. The summed E-state index contributed by atoms with van der Waals surface area (Å²) in [4.78, 5) is 26.1. The van der Waals surface area contributed by atoms with E-state index in [1.807, 2.05) is 11.6 Å². The molecule has 1 fully saturated rings. The van der Waals surface area contributed by atoms with Crippen molar-refractivity contribution in [2.75, 3.05) is 11.4 Å². The lowest BCUT2D eigenvalue weighted by atomic mass is 10.2. The van der Waals surface area contributed by atoms with Crippen molar-refractivity contribution in [2.24, 2.45) is 0 Å². The third kappa shape index (κ3) is 1.85. The molecule has 2 amide bonds. The lowest BCUT2D eigenvalue weighted by Crippen LogP contribution is -2.44. The van der Waals surface area contributed by atoms with Gasteiger partial charge in [0.1, 0.15) is 0 Å². The van der Waals surface area contributed by atoms with E-state index in [1.165, 1.54) is 4.90 Å². The van der Waals surface area contributed by atoms with Gasteiger partial charge in [-0.25, -0.2) is 4.79 Å². The zero-order valence-corrected chi connectivity index (χ0v) is 10.7. The van der Waals surface area contributed by atoms with E-state index in [2.05, 4.69) is 5.10 Å². The van der Waals surface area contributed by atoms with Gasteiger partial charge in [-0.2, -0.15) is 5.10 Å². The third-order valence-electron chi connectivity index (χ3n) is 3.83. The molecule has 0 unspecified atom stereocenters. The van der Waals surface area contributed by atoms with E-state index in [0.717, 1.165) is 17.8 Å². The minimum Gasteiger partial charge on any atom is -0.465 e. The molecule has 3 heterocycles. The molecule has 19 heavy (non-hydrogen) atoms. The Morgan fingerprint density at radius 1 is 1.53 bits per heavy atom. The van der Waals surface area contributed by atoms with Crippen LogP contribution in [0.25, 0.3) is 0 Å². The molecule has 0 bridgehead atoms. The topological polar surface area (TPSA) is 78.7 Å². The lowest BCUT2D eigenvalue weighted by Gasteiger charge is -2.32. The van der Waals surface area contributed by atoms with Crippen molar-refractivity contribution in [1.29, 1.82) is 0 Å². The van der Waals surface area contributed by atoms with E-state index in [1.54, 1.807) is 11.1 Å². The van der Waals surface area contributed by atoms with Gasteiger partial charge >= 0.3 is 6.09 Å². The molecular weight excluding hydrogens is 248 g/mol. The predicted octanol–water partition coefficient (Wildman–Crippen LogP) is 0.892. The van der Waals surface area contributed by atoms with Crippen molar-refractivity contribution in [2.45, 2.75) is 38.9 Å². The number of rotatable bonds is 1. The summed E-state index contributed by atoms with van der Waals surface area (Å²) in [6.07, 6.45) is 2.15.